The summed E-state index contributed by atoms with van der Waals surface area (Å²) >= 11 is 0. The molecule has 0 radical (unpaired) electrons. The van der Waals surface area contributed by atoms with Crippen molar-refractivity contribution in [2.45, 2.75) is 32.1 Å². The zero-order chi connectivity index (χ0) is 9.31. The maximum Gasteiger partial charge on any atom is 0.218 e. The first-order chi connectivity index (χ1) is 6.23. The fourth-order valence-electron chi connectivity index (χ4n) is 2.13. The highest BCUT2D eigenvalue weighted by atomic mass is 16.1. The third kappa shape index (κ3) is 2.21. The zero-order valence-electron chi connectivity index (χ0n) is 8.01. The third-order valence-corrected chi connectivity index (χ3v) is 3.36. The van der Waals surface area contributed by atoms with Gasteiger partial charge in [-0.05, 0) is 37.0 Å². The fourth-order valence-corrected chi connectivity index (χ4v) is 2.13. The Bertz CT molecular complexity index is 207. The van der Waals surface area contributed by atoms with Gasteiger partial charge in [0, 0.05) is 19.5 Å². The first kappa shape index (κ1) is 9.00. The van der Waals surface area contributed by atoms with Gasteiger partial charge in [-0.3, -0.25) is 4.79 Å². The van der Waals surface area contributed by atoms with E-state index in [0.29, 0.717) is 11.8 Å². The standard InChI is InChI=1S/C10H18N2O/c11-9(13)3-6-12-7-10(4-5-10)8-1-2-8/h8,12H,1-7H2,(H2,11,13). The van der Waals surface area contributed by atoms with E-state index in [1.54, 1.807) is 0 Å². The number of hydrogen-bond acceptors (Lipinski definition) is 2. The number of hydrogen-bond donors (Lipinski definition) is 2. The Morgan fingerprint density at radius 1 is 1.46 bits per heavy atom. The molecular weight excluding hydrogens is 164 g/mol. The molecule has 0 atom stereocenters. The Balaban J connectivity index is 1.60. The monoisotopic (exact) mass is 182 g/mol. The second-order valence-electron chi connectivity index (χ2n) is 4.53. The molecule has 0 aliphatic heterocycles. The summed E-state index contributed by atoms with van der Waals surface area (Å²) in [6.45, 7) is 1.86. The van der Waals surface area contributed by atoms with E-state index in [1.807, 2.05) is 0 Å². The third-order valence-electron chi connectivity index (χ3n) is 3.36. The first-order valence-electron chi connectivity index (χ1n) is 5.22. The fraction of sp³-hybridized carbons (Fsp3) is 0.900. The molecule has 0 aromatic carbocycles. The van der Waals surface area contributed by atoms with Gasteiger partial charge in [0.15, 0.2) is 0 Å². The molecule has 1 amide bonds. The second kappa shape index (κ2) is 3.29. The molecule has 74 valence electrons. The number of nitrogens with two attached hydrogens (primary N) is 1. The van der Waals surface area contributed by atoms with Crippen molar-refractivity contribution in [3.05, 3.63) is 0 Å². The number of carbonyl (C=O) groups excluding carboxylic acids is 1. The number of nitrogens with one attached hydrogen (secondary N) is 1. The van der Waals surface area contributed by atoms with Gasteiger partial charge in [-0.1, -0.05) is 0 Å². The highest BCUT2D eigenvalue weighted by Crippen LogP contribution is 2.60. The Hall–Kier alpha value is -0.570. The quantitative estimate of drug-likeness (QED) is 0.592. The number of carbonyl (C=O) groups is 1. The van der Waals surface area contributed by atoms with E-state index in [2.05, 4.69) is 5.32 Å². The zero-order valence-corrected chi connectivity index (χ0v) is 8.01. The molecule has 0 aromatic heterocycles. The molecule has 2 rings (SSSR count). The normalized spacial score (nSPS) is 24.3. The number of amides is 1. The molecule has 13 heavy (non-hydrogen) atoms. The molecule has 2 aliphatic rings. The lowest BCUT2D eigenvalue weighted by atomic mass is 10.0. The van der Waals surface area contributed by atoms with Crippen LogP contribution in [0.5, 0.6) is 0 Å². The molecule has 0 spiro atoms. The Kier molecular flexibility index (Phi) is 2.28. The summed E-state index contributed by atoms with van der Waals surface area (Å²) in [5.41, 5.74) is 5.69. The maximum atomic E-state index is 10.5. The van der Waals surface area contributed by atoms with Gasteiger partial charge in [-0.2, -0.15) is 0 Å². The van der Waals surface area contributed by atoms with Crippen molar-refractivity contribution in [1.82, 2.24) is 5.32 Å². The van der Waals surface area contributed by atoms with Gasteiger partial charge in [-0.25, -0.2) is 0 Å². The minimum absolute atomic E-state index is 0.205. The van der Waals surface area contributed by atoms with Crippen molar-refractivity contribution < 1.29 is 4.79 Å². The topological polar surface area (TPSA) is 55.1 Å². The van der Waals surface area contributed by atoms with Crippen molar-refractivity contribution in [1.29, 1.82) is 0 Å². The SMILES string of the molecule is NC(=O)CCNCC1(C2CC2)CC1. The van der Waals surface area contributed by atoms with Crippen molar-refractivity contribution in [3.63, 3.8) is 0 Å². The minimum atomic E-state index is -0.205. The average molecular weight is 182 g/mol. The number of rotatable bonds is 6. The average Bonchev–Trinajstić information content (AvgIpc) is 2.88. The molecule has 0 unspecified atom stereocenters. The van der Waals surface area contributed by atoms with Gasteiger partial charge < -0.3 is 11.1 Å². The van der Waals surface area contributed by atoms with E-state index in [-0.39, 0.29) is 5.91 Å². The molecule has 0 aromatic rings. The van der Waals surface area contributed by atoms with Crippen LogP contribution in [0.4, 0.5) is 0 Å². The Labute approximate surface area is 79.1 Å². The number of primary amides is 1. The summed E-state index contributed by atoms with van der Waals surface area (Å²) in [4.78, 5) is 10.5. The van der Waals surface area contributed by atoms with Crippen LogP contribution in [-0.2, 0) is 4.79 Å². The smallest absolute Gasteiger partial charge is 0.218 e. The van der Waals surface area contributed by atoms with Crippen LogP contribution in [0.3, 0.4) is 0 Å². The summed E-state index contributed by atoms with van der Waals surface area (Å²) < 4.78 is 0. The van der Waals surface area contributed by atoms with Gasteiger partial charge in [0.25, 0.3) is 0 Å². The Morgan fingerprint density at radius 3 is 2.62 bits per heavy atom. The van der Waals surface area contributed by atoms with E-state index in [9.17, 15) is 4.79 Å². The largest absolute Gasteiger partial charge is 0.370 e. The molecule has 0 saturated heterocycles. The molecule has 2 saturated carbocycles. The van der Waals surface area contributed by atoms with Crippen LogP contribution in [0.2, 0.25) is 0 Å². The van der Waals surface area contributed by atoms with Crippen molar-refractivity contribution >= 4 is 5.91 Å². The molecule has 0 bridgehead atoms. The highest BCUT2D eigenvalue weighted by molar-refractivity contribution is 5.73. The van der Waals surface area contributed by atoms with E-state index in [0.717, 1.165) is 19.0 Å². The van der Waals surface area contributed by atoms with Crippen molar-refractivity contribution in [3.8, 4) is 0 Å². The van der Waals surface area contributed by atoms with Crippen LogP contribution >= 0.6 is 0 Å². The highest BCUT2D eigenvalue weighted by Gasteiger charge is 2.52. The van der Waals surface area contributed by atoms with Gasteiger partial charge in [0.2, 0.25) is 5.91 Å². The summed E-state index contributed by atoms with van der Waals surface area (Å²) in [7, 11) is 0. The summed E-state index contributed by atoms with van der Waals surface area (Å²) in [5, 5.41) is 3.34. The van der Waals surface area contributed by atoms with Crippen LogP contribution < -0.4 is 11.1 Å². The van der Waals surface area contributed by atoms with E-state index in [1.165, 1.54) is 25.7 Å². The predicted octanol–water partition coefficient (Wildman–Crippen LogP) is 0.642. The molecule has 3 heteroatoms. The van der Waals surface area contributed by atoms with E-state index >= 15 is 0 Å². The molecule has 0 heterocycles. The molecule has 2 aliphatic carbocycles. The summed E-state index contributed by atoms with van der Waals surface area (Å²) in [5.74, 6) is 0.789. The van der Waals surface area contributed by atoms with E-state index in [4.69, 9.17) is 5.73 Å². The lowest BCUT2D eigenvalue weighted by molar-refractivity contribution is -0.117. The van der Waals surface area contributed by atoms with Gasteiger partial charge in [-0.15, -0.1) is 0 Å². The van der Waals surface area contributed by atoms with Crippen LogP contribution in [0, 0.1) is 11.3 Å². The van der Waals surface area contributed by atoms with E-state index < -0.39 is 0 Å². The Morgan fingerprint density at radius 2 is 2.15 bits per heavy atom. The van der Waals surface area contributed by atoms with Crippen molar-refractivity contribution in [2.75, 3.05) is 13.1 Å². The lowest BCUT2D eigenvalue weighted by Gasteiger charge is -2.14. The second-order valence-corrected chi connectivity index (χ2v) is 4.53. The van der Waals surface area contributed by atoms with Crippen LogP contribution in [0.15, 0.2) is 0 Å². The van der Waals surface area contributed by atoms with Crippen molar-refractivity contribution in [2.24, 2.45) is 17.1 Å². The maximum absolute atomic E-state index is 10.5. The van der Waals surface area contributed by atoms with Gasteiger partial charge in [0.1, 0.15) is 0 Å². The minimum Gasteiger partial charge on any atom is -0.370 e. The summed E-state index contributed by atoms with van der Waals surface area (Å²) in [6, 6.07) is 0. The predicted molar refractivity (Wildman–Crippen MR) is 51.1 cm³/mol. The first-order valence-corrected chi connectivity index (χ1v) is 5.22. The van der Waals surface area contributed by atoms with Gasteiger partial charge in [0.05, 0.1) is 0 Å². The molecule has 3 N–H and O–H groups in total. The van der Waals surface area contributed by atoms with Gasteiger partial charge >= 0.3 is 0 Å². The molecular formula is C10H18N2O. The van der Waals surface area contributed by atoms with Crippen LogP contribution in [0.1, 0.15) is 32.1 Å². The summed E-state index contributed by atoms with van der Waals surface area (Å²) in [6.07, 6.45) is 6.11. The lowest BCUT2D eigenvalue weighted by Crippen LogP contribution is -2.28. The molecule has 2 fully saturated rings. The van der Waals surface area contributed by atoms with Crippen LogP contribution in [0.25, 0.3) is 0 Å². The van der Waals surface area contributed by atoms with Crippen LogP contribution in [-0.4, -0.2) is 19.0 Å². The molecule has 3 nitrogen and oxygen atoms in total.